The van der Waals surface area contributed by atoms with Gasteiger partial charge < -0.3 is 9.64 Å². The molecule has 0 bridgehead atoms. The van der Waals surface area contributed by atoms with Crippen LogP contribution in [0.4, 0.5) is 5.82 Å². The topological polar surface area (TPSA) is 92.7 Å². The minimum Gasteiger partial charge on any atom is -0.486 e. The molecule has 0 radical (unpaired) electrons. The molecule has 0 fully saturated rings. The predicted octanol–water partition coefficient (Wildman–Crippen LogP) is 5.11. The molecular weight excluding hydrogens is 462 g/mol. The third-order valence-electron chi connectivity index (χ3n) is 5.65. The molecule has 0 saturated heterocycles. The molecule has 8 nitrogen and oxygen atoms in total. The van der Waals surface area contributed by atoms with Gasteiger partial charge in [-0.3, -0.25) is 4.98 Å². The molecule has 3 heterocycles. The number of fused-ring (bicyclic) bond motifs is 1. The first kappa shape index (κ1) is 24.1. The Hall–Kier alpha value is -4.04. The minimum atomic E-state index is 0. The maximum Gasteiger partial charge on any atom is 0.205 e. The van der Waals surface area contributed by atoms with E-state index in [0.717, 1.165) is 57.0 Å². The summed E-state index contributed by atoms with van der Waals surface area (Å²) in [4.78, 5) is 11.4. The number of aromatic amines is 1. The van der Waals surface area contributed by atoms with Gasteiger partial charge in [-0.15, -0.1) is 22.6 Å². The Balaban J connectivity index is 0.00000289. The number of benzene rings is 2. The molecule has 0 amide bonds. The van der Waals surface area contributed by atoms with E-state index in [9.17, 15) is 0 Å². The Kier molecular flexibility index (Phi) is 7.22. The zero-order valence-corrected chi connectivity index (χ0v) is 20.6. The first-order valence-electron chi connectivity index (χ1n) is 11.2. The molecule has 0 unspecified atom stereocenters. The van der Waals surface area contributed by atoms with Gasteiger partial charge in [0.15, 0.2) is 0 Å². The summed E-state index contributed by atoms with van der Waals surface area (Å²) in [6.45, 7) is 2.52. The van der Waals surface area contributed by atoms with E-state index in [0.29, 0.717) is 12.4 Å². The highest BCUT2D eigenvalue weighted by molar-refractivity contribution is 5.85. The van der Waals surface area contributed by atoms with Gasteiger partial charge in [-0.1, -0.05) is 55.5 Å². The quantitative estimate of drug-likeness (QED) is 0.341. The van der Waals surface area contributed by atoms with E-state index in [1.165, 1.54) is 0 Å². The van der Waals surface area contributed by atoms with Crippen molar-refractivity contribution in [2.45, 2.75) is 20.0 Å². The number of H-pyrrole nitrogens is 1. The van der Waals surface area contributed by atoms with Gasteiger partial charge in [-0.25, -0.2) is 4.98 Å². The Morgan fingerprint density at radius 1 is 0.914 bits per heavy atom. The van der Waals surface area contributed by atoms with Crippen LogP contribution in [0.3, 0.4) is 0 Å². The van der Waals surface area contributed by atoms with Crippen LogP contribution in [0.25, 0.3) is 33.5 Å². The first-order valence-corrected chi connectivity index (χ1v) is 11.2. The van der Waals surface area contributed by atoms with Crippen LogP contribution in [0.2, 0.25) is 0 Å². The van der Waals surface area contributed by atoms with Gasteiger partial charge in [-0.2, -0.15) is 5.21 Å². The molecule has 0 atom stereocenters. The number of ether oxygens (including phenoxy) is 1. The molecule has 5 aromatic rings. The number of hydrogen-bond acceptors (Lipinski definition) is 7. The number of aromatic nitrogens is 6. The van der Waals surface area contributed by atoms with Gasteiger partial charge in [-0.05, 0) is 40.5 Å². The zero-order valence-electron chi connectivity index (χ0n) is 19.8. The van der Waals surface area contributed by atoms with Crippen LogP contribution in [-0.4, -0.2) is 44.7 Å². The van der Waals surface area contributed by atoms with E-state index in [2.05, 4.69) is 57.9 Å². The van der Waals surface area contributed by atoms with Crippen LogP contribution in [0.15, 0.2) is 66.7 Å². The van der Waals surface area contributed by atoms with Crippen LogP contribution in [0.1, 0.15) is 18.2 Å². The smallest absolute Gasteiger partial charge is 0.205 e. The van der Waals surface area contributed by atoms with Crippen LogP contribution < -0.4 is 9.64 Å². The normalized spacial score (nSPS) is 10.7. The lowest BCUT2D eigenvalue weighted by atomic mass is 9.98. The highest BCUT2D eigenvalue weighted by Crippen LogP contribution is 2.31. The molecule has 0 aliphatic heterocycles. The van der Waals surface area contributed by atoms with E-state index in [4.69, 9.17) is 14.7 Å². The molecule has 5 rings (SSSR count). The van der Waals surface area contributed by atoms with Gasteiger partial charge in [0, 0.05) is 31.4 Å². The second kappa shape index (κ2) is 10.5. The molecule has 0 spiro atoms. The summed E-state index contributed by atoms with van der Waals surface area (Å²) in [6.07, 6.45) is 0.830. The Bertz CT molecular complexity index is 1420. The molecule has 0 saturated carbocycles. The number of rotatable bonds is 7. The van der Waals surface area contributed by atoms with Gasteiger partial charge in [0.2, 0.25) is 5.82 Å². The van der Waals surface area contributed by atoms with Gasteiger partial charge in [0.25, 0.3) is 0 Å². The molecule has 3 aromatic heterocycles. The maximum absolute atomic E-state index is 6.26. The third kappa shape index (κ3) is 5.07. The summed E-state index contributed by atoms with van der Waals surface area (Å²) in [5.41, 5.74) is 6.71. The van der Waals surface area contributed by atoms with Crippen LogP contribution in [-0.2, 0) is 13.0 Å². The van der Waals surface area contributed by atoms with E-state index in [1.54, 1.807) is 0 Å². The Morgan fingerprint density at radius 2 is 1.69 bits per heavy atom. The van der Waals surface area contributed by atoms with E-state index in [1.807, 2.05) is 55.4 Å². The lowest BCUT2D eigenvalue weighted by molar-refractivity contribution is 0.309. The number of nitrogens with one attached hydrogen (secondary N) is 1. The van der Waals surface area contributed by atoms with E-state index in [-0.39, 0.29) is 12.4 Å². The second-order valence-electron chi connectivity index (χ2n) is 8.16. The fourth-order valence-electron chi connectivity index (χ4n) is 3.81. The third-order valence-corrected chi connectivity index (χ3v) is 5.65. The maximum atomic E-state index is 6.26. The Morgan fingerprint density at radius 3 is 2.37 bits per heavy atom. The number of hydrogen-bond donors (Lipinski definition) is 1. The molecule has 178 valence electrons. The number of anilines is 1. The fourth-order valence-corrected chi connectivity index (χ4v) is 3.81. The van der Waals surface area contributed by atoms with Crippen LogP contribution in [0, 0.1) is 0 Å². The van der Waals surface area contributed by atoms with Crippen LogP contribution in [0.5, 0.6) is 5.75 Å². The number of aryl methyl sites for hydroxylation is 1. The van der Waals surface area contributed by atoms with Crippen molar-refractivity contribution in [3.05, 3.63) is 78.0 Å². The average molecular weight is 488 g/mol. The standard InChI is InChI=1S/C26H25N7O.ClH/c1-4-19-15-23(25-22(27-19)13-14-24(28-25)33(2)3)34-16-17-9-11-18(12-10-17)20-7-5-6-8-21(20)26-29-31-32-30-26;/h5-15H,4,16H2,1-3H3,(H,29,30,31,32);1H. The summed E-state index contributed by atoms with van der Waals surface area (Å²) in [5, 5.41) is 14.5. The fraction of sp³-hybridized carbons (Fsp3) is 0.192. The monoisotopic (exact) mass is 487 g/mol. The zero-order chi connectivity index (χ0) is 23.5. The first-order chi connectivity index (χ1) is 16.6. The summed E-state index contributed by atoms with van der Waals surface area (Å²) in [7, 11) is 3.95. The van der Waals surface area contributed by atoms with Crippen molar-refractivity contribution >= 4 is 29.3 Å². The summed E-state index contributed by atoms with van der Waals surface area (Å²) in [6, 6.07) is 22.3. The van der Waals surface area contributed by atoms with Gasteiger partial charge in [0.05, 0.1) is 5.52 Å². The van der Waals surface area contributed by atoms with Crippen molar-refractivity contribution in [3.63, 3.8) is 0 Å². The van der Waals surface area contributed by atoms with Crippen molar-refractivity contribution in [1.29, 1.82) is 0 Å². The summed E-state index contributed by atoms with van der Waals surface area (Å²) >= 11 is 0. The number of tetrazole rings is 1. The van der Waals surface area contributed by atoms with E-state index < -0.39 is 0 Å². The van der Waals surface area contributed by atoms with Crippen molar-refractivity contribution in [2.75, 3.05) is 19.0 Å². The largest absolute Gasteiger partial charge is 0.486 e. The lowest BCUT2D eigenvalue weighted by Gasteiger charge is -2.15. The number of halogens is 1. The summed E-state index contributed by atoms with van der Waals surface area (Å²) < 4.78 is 6.26. The average Bonchev–Trinajstić information content (AvgIpc) is 3.42. The number of nitrogens with zero attached hydrogens (tertiary/aromatic N) is 6. The molecule has 9 heteroatoms. The van der Waals surface area contributed by atoms with Crippen molar-refractivity contribution in [2.24, 2.45) is 0 Å². The molecule has 0 aliphatic rings. The lowest BCUT2D eigenvalue weighted by Crippen LogP contribution is -2.11. The van der Waals surface area contributed by atoms with Crippen molar-refractivity contribution in [3.8, 4) is 28.3 Å². The SMILES string of the molecule is CCc1cc(OCc2ccc(-c3ccccc3-c3nn[nH]n3)cc2)c2nc(N(C)C)ccc2n1.Cl. The molecule has 1 N–H and O–H groups in total. The molecule has 0 aliphatic carbocycles. The second-order valence-corrected chi connectivity index (χ2v) is 8.16. The molecule has 2 aromatic carbocycles. The van der Waals surface area contributed by atoms with Crippen LogP contribution >= 0.6 is 12.4 Å². The van der Waals surface area contributed by atoms with Gasteiger partial charge >= 0.3 is 0 Å². The predicted molar refractivity (Wildman–Crippen MR) is 140 cm³/mol. The highest BCUT2D eigenvalue weighted by atomic mass is 35.5. The number of pyridine rings is 2. The van der Waals surface area contributed by atoms with Crippen molar-refractivity contribution < 1.29 is 4.74 Å². The minimum absolute atomic E-state index is 0. The van der Waals surface area contributed by atoms with Gasteiger partial charge in [0.1, 0.15) is 23.7 Å². The highest BCUT2D eigenvalue weighted by Gasteiger charge is 2.12. The van der Waals surface area contributed by atoms with Crippen molar-refractivity contribution in [1.82, 2.24) is 30.6 Å². The molecular formula is C26H26ClN7O. The van der Waals surface area contributed by atoms with E-state index >= 15 is 0 Å². The molecule has 35 heavy (non-hydrogen) atoms. The summed E-state index contributed by atoms with van der Waals surface area (Å²) in [5.74, 6) is 2.19. The Labute approximate surface area is 209 Å².